The molecule has 0 bridgehead atoms. The van der Waals surface area contributed by atoms with Gasteiger partial charge in [0.05, 0.1) is 19.8 Å². The molecule has 0 unspecified atom stereocenters. The molecule has 0 amide bonds. The van der Waals surface area contributed by atoms with E-state index in [-0.39, 0.29) is 0 Å². The van der Waals surface area contributed by atoms with E-state index in [1.165, 1.54) is 5.84 Å². The van der Waals surface area contributed by atoms with Crippen LogP contribution in [-0.4, -0.2) is 43.6 Å². The Hall–Kier alpha value is -0.570. The van der Waals surface area contributed by atoms with Crippen LogP contribution in [-0.2, 0) is 4.74 Å². The largest absolute Gasteiger partial charge is 0.378 e. The molecule has 0 atom stereocenters. The number of hydrogen-bond acceptors (Lipinski definition) is 3. The standard InChI is InChI=1S/C6H10N2O/c1-3-9-4-2-8(1)6-5-7-6/h1-5H2. The van der Waals surface area contributed by atoms with Crippen molar-refractivity contribution in [3.05, 3.63) is 0 Å². The summed E-state index contributed by atoms with van der Waals surface area (Å²) in [5.41, 5.74) is 0. The lowest BCUT2D eigenvalue weighted by Crippen LogP contribution is -2.37. The number of rotatable bonds is 0. The Morgan fingerprint density at radius 1 is 1.33 bits per heavy atom. The third-order valence-electron chi connectivity index (χ3n) is 1.68. The molecule has 2 aliphatic heterocycles. The SMILES string of the molecule is C1CN(C2=NC2)CCO1. The van der Waals surface area contributed by atoms with E-state index in [1.807, 2.05) is 0 Å². The molecule has 0 saturated carbocycles. The Labute approximate surface area is 54.3 Å². The smallest absolute Gasteiger partial charge is 0.121 e. The van der Waals surface area contributed by atoms with Crippen molar-refractivity contribution in [2.24, 2.45) is 4.99 Å². The summed E-state index contributed by atoms with van der Waals surface area (Å²) in [5.74, 6) is 1.28. The van der Waals surface area contributed by atoms with E-state index >= 15 is 0 Å². The second-order valence-corrected chi connectivity index (χ2v) is 2.33. The minimum absolute atomic E-state index is 0.874. The summed E-state index contributed by atoms with van der Waals surface area (Å²) < 4.78 is 5.18. The van der Waals surface area contributed by atoms with Crippen LogP contribution in [0.15, 0.2) is 4.99 Å². The minimum atomic E-state index is 0.874. The molecule has 0 N–H and O–H groups in total. The first-order chi connectivity index (χ1) is 4.47. The van der Waals surface area contributed by atoms with Gasteiger partial charge >= 0.3 is 0 Å². The molecule has 2 rings (SSSR count). The monoisotopic (exact) mass is 126 g/mol. The van der Waals surface area contributed by atoms with Crippen molar-refractivity contribution in [3.63, 3.8) is 0 Å². The highest BCUT2D eigenvalue weighted by Crippen LogP contribution is 2.06. The summed E-state index contributed by atoms with van der Waals surface area (Å²) in [7, 11) is 0. The fourth-order valence-electron chi connectivity index (χ4n) is 1.06. The van der Waals surface area contributed by atoms with Crippen LogP contribution in [0, 0.1) is 0 Å². The second kappa shape index (κ2) is 1.99. The number of nitrogens with zero attached hydrogens (tertiary/aromatic N) is 2. The van der Waals surface area contributed by atoms with Crippen LogP contribution in [0.25, 0.3) is 0 Å². The van der Waals surface area contributed by atoms with Crippen LogP contribution >= 0.6 is 0 Å². The fourth-order valence-corrected chi connectivity index (χ4v) is 1.06. The van der Waals surface area contributed by atoms with Gasteiger partial charge in [-0.25, -0.2) is 0 Å². The van der Waals surface area contributed by atoms with Crippen molar-refractivity contribution >= 4 is 5.84 Å². The number of ether oxygens (including phenoxy) is 1. The molecule has 0 spiro atoms. The fraction of sp³-hybridized carbons (Fsp3) is 0.833. The van der Waals surface area contributed by atoms with E-state index in [0.717, 1.165) is 32.8 Å². The zero-order valence-corrected chi connectivity index (χ0v) is 5.34. The van der Waals surface area contributed by atoms with E-state index in [2.05, 4.69) is 9.89 Å². The first-order valence-corrected chi connectivity index (χ1v) is 3.33. The second-order valence-electron chi connectivity index (χ2n) is 2.33. The lowest BCUT2D eigenvalue weighted by atomic mass is 10.4. The lowest BCUT2D eigenvalue weighted by Gasteiger charge is -2.24. The molecule has 0 radical (unpaired) electrons. The zero-order chi connectivity index (χ0) is 6.10. The maximum Gasteiger partial charge on any atom is 0.121 e. The molecule has 0 aliphatic carbocycles. The van der Waals surface area contributed by atoms with Gasteiger partial charge in [0.25, 0.3) is 0 Å². The maximum absolute atomic E-state index is 5.18. The van der Waals surface area contributed by atoms with E-state index in [0.29, 0.717) is 0 Å². The predicted octanol–water partition coefficient (Wildman–Crippen LogP) is -0.269. The van der Waals surface area contributed by atoms with Crippen LogP contribution in [0.5, 0.6) is 0 Å². The molecule has 1 fully saturated rings. The average molecular weight is 126 g/mol. The van der Waals surface area contributed by atoms with Crippen molar-refractivity contribution in [2.45, 2.75) is 0 Å². The van der Waals surface area contributed by atoms with E-state index in [1.54, 1.807) is 0 Å². The van der Waals surface area contributed by atoms with Crippen molar-refractivity contribution in [2.75, 3.05) is 32.8 Å². The summed E-state index contributed by atoms with van der Waals surface area (Å²) in [6.07, 6.45) is 0. The molecule has 50 valence electrons. The molecule has 0 aromatic heterocycles. The Balaban J connectivity index is 1.87. The van der Waals surface area contributed by atoms with Crippen LogP contribution in [0.3, 0.4) is 0 Å². The van der Waals surface area contributed by atoms with Gasteiger partial charge in [0.1, 0.15) is 5.84 Å². The quantitative estimate of drug-likeness (QED) is 0.446. The van der Waals surface area contributed by atoms with Gasteiger partial charge in [-0.15, -0.1) is 0 Å². The van der Waals surface area contributed by atoms with E-state index in [4.69, 9.17) is 4.74 Å². The highest BCUT2D eigenvalue weighted by molar-refractivity contribution is 5.94. The van der Waals surface area contributed by atoms with E-state index < -0.39 is 0 Å². The summed E-state index contributed by atoms with van der Waals surface area (Å²) in [6, 6.07) is 0. The molecular formula is C6H10N2O. The average Bonchev–Trinajstić information content (AvgIpc) is 2.71. The molecule has 3 nitrogen and oxygen atoms in total. The number of amidine groups is 1. The third kappa shape index (κ3) is 1.05. The minimum Gasteiger partial charge on any atom is -0.378 e. The Kier molecular flexibility index (Phi) is 1.16. The number of aliphatic imine (C=N–C) groups is 1. The molecule has 0 aromatic rings. The summed E-state index contributed by atoms with van der Waals surface area (Å²) in [4.78, 5) is 6.41. The van der Waals surface area contributed by atoms with Gasteiger partial charge in [-0.1, -0.05) is 0 Å². The lowest BCUT2D eigenvalue weighted by molar-refractivity contribution is 0.0691. The van der Waals surface area contributed by atoms with Crippen molar-refractivity contribution in [1.29, 1.82) is 0 Å². The van der Waals surface area contributed by atoms with Gasteiger partial charge in [0.15, 0.2) is 0 Å². The molecule has 3 heteroatoms. The predicted molar refractivity (Wildman–Crippen MR) is 34.7 cm³/mol. The van der Waals surface area contributed by atoms with Gasteiger partial charge in [-0.3, -0.25) is 4.99 Å². The normalized spacial score (nSPS) is 25.8. The van der Waals surface area contributed by atoms with Gasteiger partial charge in [-0.2, -0.15) is 0 Å². The first-order valence-electron chi connectivity index (χ1n) is 3.33. The third-order valence-corrected chi connectivity index (χ3v) is 1.68. The van der Waals surface area contributed by atoms with E-state index in [9.17, 15) is 0 Å². The van der Waals surface area contributed by atoms with Gasteiger partial charge in [-0.05, 0) is 0 Å². The first kappa shape index (κ1) is 5.23. The van der Waals surface area contributed by atoms with Crippen LogP contribution in [0.2, 0.25) is 0 Å². The molecule has 2 aliphatic rings. The number of hydrogen-bond donors (Lipinski definition) is 0. The van der Waals surface area contributed by atoms with Gasteiger partial charge < -0.3 is 9.64 Å². The summed E-state index contributed by atoms with van der Waals surface area (Å²) in [6.45, 7) is 4.80. The highest BCUT2D eigenvalue weighted by atomic mass is 16.5. The van der Waals surface area contributed by atoms with Crippen LogP contribution in [0.1, 0.15) is 0 Å². The Morgan fingerprint density at radius 3 is 2.56 bits per heavy atom. The van der Waals surface area contributed by atoms with Crippen LogP contribution < -0.4 is 0 Å². The summed E-state index contributed by atoms with van der Waals surface area (Å²) in [5, 5.41) is 0. The highest BCUT2D eigenvalue weighted by Gasteiger charge is 2.20. The molecule has 2 heterocycles. The zero-order valence-electron chi connectivity index (χ0n) is 5.34. The Morgan fingerprint density at radius 2 is 2.00 bits per heavy atom. The molecule has 9 heavy (non-hydrogen) atoms. The molecule has 0 aromatic carbocycles. The van der Waals surface area contributed by atoms with Crippen LogP contribution in [0.4, 0.5) is 0 Å². The summed E-state index contributed by atoms with van der Waals surface area (Å²) >= 11 is 0. The van der Waals surface area contributed by atoms with Crippen molar-refractivity contribution in [3.8, 4) is 0 Å². The Bertz CT molecular complexity index is 138. The van der Waals surface area contributed by atoms with Crippen molar-refractivity contribution in [1.82, 2.24) is 4.90 Å². The number of morpholine rings is 1. The maximum atomic E-state index is 5.18. The van der Waals surface area contributed by atoms with Crippen molar-refractivity contribution < 1.29 is 4.74 Å². The van der Waals surface area contributed by atoms with Gasteiger partial charge in [0.2, 0.25) is 0 Å². The molecule has 1 saturated heterocycles. The topological polar surface area (TPSA) is 24.8 Å². The van der Waals surface area contributed by atoms with Gasteiger partial charge in [0, 0.05) is 13.1 Å². The molecular weight excluding hydrogens is 116 g/mol.